The lowest BCUT2D eigenvalue weighted by molar-refractivity contribution is -0.122. The zero-order chi connectivity index (χ0) is 12.9. The Labute approximate surface area is 98.6 Å². The highest BCUT2D eigenvalue weighted by Gasteiger charge is 2.24. The lowest BCUT2D eigenvalue weighted by atomic mass is 9.85. The molecule has 1 amide bonds. The van der Waals surface area contributed by atoms with E-state index in [2.05, 4.69) is 5.32 Å². The summed E-state index contributed by atoms with van der Waals surface area (Å²) in [5, 5.41) is 11.8. The number of carbonyl (C=O) groups excluding carboxylic acids is 1. The van der Waals surface area contributed by atoms with Gasteiger partial charge < -0.3 is 16.2 Å². The predicted molar refractivity (Wildman–Crippen MR) is 65.9 cm³/mol. The maximum atomic E-state index is 11.7. The van der Waals surface area contributed by atoms with Crippen molar-refractivity contribution in [3.63, 3.8) is 0 Å². The maximum absolute atomic E-state index is 11.7. The Morgan fingerprint density at radius 3 is 2.25 bits per heavy atom. The van der Waals surface area contributed by atoms with Gasteiger partial charge in [-0.25, -0.2) is 0 Å². The van der Waals surface area contributed by atoms with E-state index in [1.165, 1.54) is 0 Å². The van der Waals surface area contributed by atoms with Gasteiger partial charge in [-0.1, -0.05) is 27.7 Å². The molecule has 96 valence electrons. The molecule has 0 aliphatic heterocycles. The Balaban J connectivity index is 4.09. The van der Waals surface area contributed by atoms with E-state index in [1.54, 1.807) is 0 Å². The molecule has 0 aromatic carbocycles. The summed E-state index contributed by atoms with van der Waals surface area (Å²) in [6.45, 7) is 9.92. The van der Waals surface area contributed by atoms with Crippen LogP contribution >= 0.6 is 0 Å². The average molecular weight is 230 g/mol. The Morgan fingerprint density at radius 2 is 1.88 bits per heavy atom. The summed E-state index contributed by atoms with van der Waals surface area (Å²) >= 11 is 0. The van der Waals surface area contributed by atoms with E-state index >= 15 is 0 Å². The molecule has 0 aromatic heterocycles. The molecule has 0 rings (SSSR count). The lowest BCUT2D eigenvalue weighted by Gasteiger charge is -2.27. The molecule has 0 aromatic rings. The number of rotatable bonds is 5. The lowest BCUT2D eigenvalue weighted by Crippen LogP contribution is -2.44. The van der Waals surface area contributed by atoms with Crippen molar-refractivity contribution in [3.05, 3.63) is 0 Å². The van der Waals surface area contributed by atoms with E-state index in [1.807, 2.05) is 34.6 Å². The van der Waals surface area contributed by atoms with Crippen LogP contribution in [-0.4, -0.2) is 29.7 Å². The van der Waals surface area contributed by atoms with Crippen LogP contribution in [0.5, 0.6) is 0 Å². The molecule has 4 N–H and O–H groups in total. The van der Waals surface area contributed by atoms with E-state index in [0.29, 0.717) is 6.42 Å². The van der Waals surface area contributed by atoms with Gasteiger partial charge in [-0.05, 0) is 18.3 Å². The third kappa shape index (κ3) is 5.47. The molecular formula is C12H26N2O2. The molecule has 0 radical (unpaired) electrons. The van der Waals surface area contributed by atoms with Crippen LogP contribution in [0, 0.1) is 11.3 Å². The molecule has 3 atom stereocenters. The standard InChI is InChI=1S/C12H26N2O2/c1-8(7-15)9(2)14-11(16)6-10(13)12(3,4)5/h8-10,15H,6-7,13H2,1-5H3,(H,14,16). The number of nitrogens with two attached hydrogens (primary N) is 1. The molecule has 0 bridgehead atoms. The second-order valence-corrected chi connectivity index (χ2v) is 5.69. The molecule has 4 heteroatoms. The fourth-order valence-electron chi connectivity index (χ4n) is 1.12. The summed E-state index contributed by atoms with van der Waals surface area (Å²) in [6.07, 6.45) is 0.325. The van der Waals surface area contributed by atoms with Gasteiger partial charge in [-0.15, -0.1) is 0 Å². The van der Waals surface area contributed by atoms with E-state index in [4.69, 9.17) is 10.8 Å². The molecule has 0 saturated carbocycles. The summed E-state index contributed by atoms with van der Waals surface area (Å²) in [7, 11) is 0. The first kappa shape index (κ1) is 15.4. The molecule has 0 heterocycles. The molecule has 4 nitrogen and oxygen atoms in total. The van der Waals surface area contributed by atoms with Gasteiger partial charge in [0.25, 0.3) is 0 Å². The summed E-state index contributed by atoms with van der Waals surface area (Å²) in [4.78, 5) is 11.7. The Bertz CT molecular complexity index is 224. The van der Waals surface area contributed by atoms with E-state index in [0.717, 1.165) is 0 Å². The van der Waals surface area contributed by atoms with Crippen molar-refractivity contribution in [1.82, 2.24) is 5.32 Å². The van der Waals surface area contributed by atoms with Gasteiger partial charge in [0.05, 0.1) is 0 Å². The number of nitrogens with one attached hydrogen (secondary N) is 1. The van der Waals surface area contributed by atoms with Crippen molar-refractivity contribution < 1.29 is 9.90 Å². The van der Waals surface area contributed by atoms with Gasteiger partial charge in [-0.3, -0.25) is 4.79 Å². The van der Waals surface area contributed by atoms with Crippen LogP contribution in [0.3, 0.4) is 0 Å². The van der Waals surface area contributed by atoms with Gasteiger partial charge in [0.2, 0.25) is 5.91 Å². The van der Waals surface area contributed by atoms with Gasteiger partial charge in [0.1, 0.15) is 0 Å². The zero-order valence-corrected chi connectivity index (χ0v) is 11.1. The number of hydrogen-bond donors (Lipinski definition) is 3. The highest BCUT2D eigenvalue weighted by molar-refractivity contribution is 5.76. The molecule has 0 aliphatic rings. The topological polar surface area (TPSA) is 75.3 Å². The molecule has 16 heavy (non-hydrogen) atoms. The Hall–Kier alpha value is -0.610. The van der Waals surface area contributed by atoms with Crippen LogP contribution in [0.4, 0.5) is 0 Å². The van der Waals surface area contributed by atoms with Crippen LogP contribution in [-0.2, 0) is 4.79 Å². The summed E-state index contributed by atoms with van der Waals surface area (Å²) in [6, 6.07) is -0.172. The normalized spacial score (nSPS) is 17.7. The first-order valence-corrected chi connectivity index (χ1v) is 5.84. The van der Waals surface area contributed by atoms with Gasteiger partial charge in [-0.2, -0.15) is 0 Å². The number of aliphatic hydroxyl groups is 1. The zero-order valence-electron chi connectivity index (χ0n) is 11.1. The van der Waals surface area contributed by atoms with Crippen LogP contribution < -0.4 is 11.1 Å². The summed E-state index contributed by atoms with van der Waals surface area (Å²) in [5.41, 5.74) is 5.86. The third-order valence-electron chi connectivity index (χ3n) is 3.05. The SMILES string of the molecule is CC(CO)C(C)NC(=O)CC(N)C(C)(C)C. The van der Waals surface area contributed by atoms with Crippen molar-refractivity contribution in [3.8, 4) is 0 Å². The van der Waals surface area contributed by atoms with Crippen molar-refractivity contribution in [2.45, 2.75) is 53.1 Å². The van der Waals surface area contributed by atoms with Crippen LogP contribution in [0.1, 0.15) is 41.0 Å². The van der Waals surface area contributed by atoms with Crippen molar-refractivity contribution in [2.24, 2.45) is 17.1 Å². The Morgan fingerprint density at radius 1 is 1.38 bits per heavy atom. The van der Waals surface area contributed by atoms with Crippen molar-refractivity contribution in [1.29, 1.82) is 0 Å². The van der Waals surface area contributed by atoms with Crippen LogP contribution in [0.2, 0.25) is 0 Å². The highest BCUT2D eigenvalue weighted by Crippen LogP contribution is 2.19. The largest absolute Gasteiger partial charge is 0.396 e. The van der Waals surface area contributed by atoms with Gasteiger partial charge >= 0.3 is 0 Å². The van der Waals surface area contributed by atoms with E-state index in [-0.39, 0.29) is 35.9 Å². The van der Waals surface area contributed by atoms with Crippen LogP contribution in [0.15, 0.2) is 0 Å². The minimum atomic E-state index is -0.149. The number of carbonyl (C=O) groups is 1. The maximum Gasteiger partial charge on any atom is 0.221 e. The molecule has 0 spiro atoms. The van der Waals surface area contributed by atoms with E-state index < -0.39 is 0 Å². The van der Waals surface area contributed by atoms with Crippen molar-refractivity contribution in [2.75, 3.05) is 6.61 Å². The first-order valence-electron chi connectivity index (χ1n) is 5.84. The average Bonchev–Trinajstić information content (AvgIpc) is 2.14. The first-order chi connectivity index (χ1) is 7.18. The molecule has 0 saturated heterocycles. The Kier molecular flexibility index (Phi) is 5.97. The second-order valence-electron chi connectivity index (χ2n) is 5.69. The summed E-state index contributed by atoms with van der Waals surface area (Å²) in [5.74, 6) is 0.0186. The molecule has 3 unspecified atom stereocenters. The van der Waals surface area contributed by atoms with Crippen molar-refractivity contribution >= 4 is 5.91 Å². The van der Waals surface area contributed by atoms with Gasteiger partial charge in [0, 0.05) is 25.1 Å². The quantitative estimate of drug-likeness (QED) is 0.656. The number of aliphatic hydroxyl groups excluding tert-OH is 1. The van der Waals surface area contributed by atoms with Crippen LogP contribution in [0.25, 0.3) is 0 Å². The van der Waals surface area contributed by atoms with Gasteiger partial charge in [0.15, 0.2) is 0 Å². The van der Waals surface area contributed by atoms with E-state index in [9.17, 15) is 4.79 Å². The minimum absolute atomic E-state index is 0.0235. The predicted octanol–water partition coefficient (Wildman–Crippen LogP) is 0.883. The highest BCUT2D eigenvalue weighted by atomic mass is 16.3. The second kappa shape index (κ2) is 6.21. The monoisotopic (exact) mass is 230 g/mol. The number of amides is 1. The fraction of sp³-hybridized carbons (Fsp3) is 0.917. The minimum Gasteiger partial charge on any atom is -0.396 e. The smallest absolute Gasteiger partial charge is 0.221 e. The third-order valence-corrected chi connectivity index (χ3v) is 3.05. The fourth-order valence-corrected chi connectivity index (χ4v) is 1.12. The number of hydrogen-bond acceptors (Lipinski definition) is 3. The summed E-state index contributed by atoms with van der Waals surface area (Å²) < 4.78 is 0. The molecule has 0 fully saturated rings. The molecule has 0 aliphatic carbocycles. The molecular weight excluding hydrogens is 204 g/mol.